The number of piperidine rings is 1. The summed E-state index contributed by atoms with van der Waals surface area (Å²) in [6.07, 6.45) is -0.0963. The van der Waals surface area contributed by atoms with Crippen LogP contribution in [-0.4, -0.2) is 58.3 Å². The van der Waals surface area contributed by atoms with E-state index >= 15 is 0 Å². The predicted octanol–water partition coefficient (Wildman–Crippen LogP) is 0.680. The first-order valence-corrected chi connectivity index (χ1v) is 8.07. The monoisotopic (exact) mass is 338 g/mol. The Balaban J connectivity index is 1.77. The summed E-state index contributed by atoms with van der Waals surface area (Å²) in [6, 6.07) is 5.15. The fraction of sp³-hybridized carbons (Fsp3) is 0.529. The first-order chi connectivity index (χ1) is 11.4. The minimum atomic E-state index is -1.13. The molecule has 0 radical (unpaired) electrons. The number of rotatable bonds is 5. The van der Waals surface area contributed by atoms with Crippen LogP contribution in [0, 0.1) is 5.82 Å². The highest BCUT2D eigenvalue weighted by atomic mass is 19.1. The Bertz CT molecular complexity index is 593. The second-order valence-corrected chi connectivity index (χ2v) is 6.08. The summed E-state index contributed by atoms with van der Waals surface area (Å²) in [7, 11) is 0. The lowest BCUT2D eigenvalue weighted by atomic mass is 9.86. The molecular weight excluding hydrogens is 315 g/mol. The lowest BCUT2D eigenvalue weighted by Gasteiger charge is -2.41. The van der Waals surface area contributed by atoms with Gasteiger partial charge in [0, 0.05) is 31.6 Å². The summed E-state index contributed by atoms with van der Waals surface area (Å²) in [6.45, 7) is 2.42. The summed E-state index contributed by atoms with van der Waals surface area (Å²) in [5.74, 6) is -0.981. The number of hydrogen-bond donors (Lipinski definition) is 3. The molecular formula is C17H23FN2O4. The van der Waals surface area contributed by atoms with Gasteiger partial charge in [0.05, 0.1) is 5.60 Å². The molecule has 2 amide bonds. The van der Waals surface area contributed by atoms with Crippen molar-refractivity contribution in [3.05, 3.63) is 35.6 Å². The standard InChI is InChI=1S/C17H23FN2O4/c1-2-17(24)8-10-20(11-14(17)21)15(22)7-9-19-16(23)12-3-5-13(18)6-4-12/h3-6,14,21,24H,2,7-11H2,1H3,(H,19,23)/t14-,17-/m1/s1. The molecule has 1 aromatic rings. The van der Waals surface area contributed by atoms with E-state index in [2.05, 4.69) is 5.32 Å². The number of hydrogen-bond acceptors (Lipinski definition) is 4. The van der Waals surface area contributed by atoms with Crippen molar-refractivity contribution in [1.82, 2.24) is 10.2 Å². The largest absolute Gasteiger partial charge is 0.388 e. The number of carbonyl (C=O) groups excluding carboxylic acids is 2. The van der Waals surface area contributed by atoms with Crippen molar-refractivity contribution in [2.24, 2.45) is 0 Å². The van der Waals surface area contributed by atoms with Gasteiger partial charge in [-0.25, -0.2) is 4.39 Å². The van der Waals surface area contributed by atoms with E-state index < -0.39 is 17.5 Å². The molecule has 6 nitrogen and oxygen atoms in total. The van der Waals surface area contributed by atoms with E-state index in [0.29, 0.717) is 24.9 Å². The van der Waals surface area contributed by atoms with Gasteiger partial charge < -0.3 is 20.4 Å². The summed E-state index contributed by atoms with van der Waals surface area (Å²) in [5, 5.41) is 22.8. The van der Waals surface area contributed by atoms with Gasteiger partial charge in [0.25, 0.3) is 5.91 Å². The van der Waals surface area contributed by atoms with Crippen molar-refractivity contribution in [2.75, 3.05) is 19.6 Å². The van der Waals surface area contributed by atoms with E-state index in [9.17, 15) is 24.2 Å². The second-order valence-electron chi connectivity index (χ2n) is 6.08. The molecule has 0 unspecified atom stereocenters. The number of carbonyl (C=O) groups is 2. The lowest BCUT2D eigenvalue weighted by Crippen LogP contribution is -2.56. The van der Waals surface area contributed by atoms with Crippen LogP contribution in [0.3, 0.4) is 0 Å². The normalized spacial score (nSPS) is 23.8. The number of halogens is 1. The van der Waals surface area contributed by atoms with Gasteiger partial charge in [-0.05, 0) is 37.1 Å². The molecule has 1 aromatic carbocycles. The predicted molar refractivity (Wildman–Crippen MR) is 85.8 cm³/mol. The Hall–Kier alpha value is -1.99. The maximum Gasteiger partial charge on any atom is 0.251 e. The second kappa shape index (κ2) is 7.72. The summed E-state index contributed by atoms with van der Waals surface area (Å²) in [4.78, 5) is 25.5. The first kappa shape index (κ1) is 18.4. The molecule has 1 heterocycles. The Labute approximate surface area is 140 Å². The van der Waals surface area contributed by atoms with E-state index in [-0.39, 0.29) is 31.3 Å². The van der Waals surface area contributed by atoms with Crippen LogP contribution in [0.5, 0.6) is 0 Å². The Morgan fingerprint density at radius 1 is 1.38 bits per heavy atom. The number of aliphatic hydroxyl groups is 2. The summed E-state index contributed by atoms with van der Waals surface area (Å²) in [5.41, 5.74) is -0.807. The van der Waals surface area contributed by atoms with Gasteiger partial charge in [0.15, 0.2) is 0 Å². The van der Waals surface area contributed by atoms with Crippen LogP contribution in [0.4, 0.5) is 4.39 Å². The van der Waals surface area contributed by atoms with Crippen molar-refractivity contribution < 1.29 is 24.2 Å². The summed E-state index contributed by atoms with van der Waals surface area (Å²) < 4.78 is 12.8. The zero-order valence-electron chi connectivity index (χ0n) is 13.7. The van der Waals surface area contributed by atoms with Gasteiger partial charge in [-0.2, -0.15) is 0 Å². The molecule has 3 N–H and O–H groups in total. The molecule has 2 atom stereocenters. The maximum absolute atomic E-state index is 12.8. The smallest absolute Gasteiger partial charge is 0.251 e. The van der Waals surface area contributed by atoms with Crippen LogP contribution in [0.1, 0.15) is 36.5 Å². The van der Waals surface area contributed by atoms with Crippen molar-refractivity contribution >= 4 is 11.8 Å². The molecule has 0 bridgehead atoms. The van der Waals surface area contributed by atoms with Crippen molar-refractivity contribution in [3.63, 3.8) is 0 Å². The Morgan fingerprint density at radius 3 is 2.62 bits per heavy atom. The quantitative estimate of drug-likeness (QED) is 0.736. The third-order valence-corrected chi connectivity index (χ3v) is 4.52. The fourth-order valence-electron chi connectivity index (χ4n) is 2.75. The topological polar surface area (TPSA) is 89.9 Å². The van der Waals surface area contributed by atoms with Crippen LogP contribution < -0.4 is 5.32 Å². The highest BCUT2D eigenvalue weighted by Gasteiger charge is 2.40. The number of nitrogens with one attached hydrogen (secondary N) is 1. The van der Waals surface area contributed by atoms with Crippen LogP contribution in [0.15, 0.2) is 24.3 Å². The van der Waals surface area contributed by atoms with Crippen molar-refractivity contribution in [3.8, 4) is 0 Å². The molecule has 24 heavy (non-hydrogen) atoms. The average Bonchev–Trinajstić information content (AvgIpc) is 2.57. The van der Waals surface area contributed by atoms with Crippen molar-refractivity contribution in [1.29, 1.82) is 0 Å². The highest BCUT2D eigenvalue weighted by molar-refractivity contribution is 5.94. The van der Waals surface area contributed by atoms with Gasteiger partial charge >= 0.3 is 0 Å². The number of aliphatic hydroxyl groups excluding tert-OH is 1. The van der Waals surface area contributed by atoms with Crippen LogP contribution in [0.25, 0.3) is 0 Å². The average molecular weight is 338 g/mol. The van der Waals surface area contributed by atoms with Gasteiger partial charge in [0.1, 0.15) is 11.9 Å². The van der Waals surface area contributed by atoms with E-state index in [1.54, 1.807) is 6.92 Å². The lowest BCUT2D eigenvalue weighted by molar-refractivity contribution is -0.149. The summed E-state index contributed by atoms with van der Waals surface area (Å²) >= 11 is 0. The molecule has 132 valence electrons. The number of nitrogens with zero attached hydrogens (tertiary/aromatic N) is 1. The zero-order chi connectivity index (χ0) is 17.7. The molecule has 7 heteroatoms. The van der Waals surface area contributed by atoms with Gasteiger partial charge in [-0.15, -0.1) is 0 Å². The molecule has 2 rings (SSSR count). The molecule has 1 saturated heterocycles. The van der Waals surface area contributed by atoms with Gasteiger partial charge in [-0.1, -0.05) is 6.92 Å². The van der Waals surface area contributed by atoms with Gasteiger partial charge in [-0.3, -0.25) is 9.59 Å². The minimum Gasteiger partial charge on any atom is -0.388 e. The minimum absolute atomic E-state index is 0.0923. The molecule has 0 aromatic heterocycles. The van der Waals surface area contributed by atoms with E-state index in [0.717, 1.165) is 0 Å². The number of likely N-dealkylation sites (tertiary alicyclic amines) is 1. The Morgan fingerprint density at radius 2 is 2.04 bits per heavy atom. The number of β-amino-alcohol motifs (C(OH)–C–C–N with tert-alkyl or cyclic N) is 1. The molecule has 0 aliphatic carbocycles. The Kier molecular flexibility index (Phi) is 5.90. The van der Waals surface area contributed by atoms with E-state index in [4.69, 9.17) is 0 Å². The third-order valence-electron chi connectivity index (χ3n) is 4.52. The first-order valence-electron chi connectivity index (χ1n) is 8.07. The molecule has 1 aliphatic rings. The fourth-order valence-corrected chi connectivity index (χ4v) is 2.75. The van der Waals surface area contributed by atoms with Crippen LogP contribution in [-0.2, 0) is 4.79 Å². The van der Waals surface area contributed by atoms with Crippen molar-refractivity contribution in [2.45, 2.75) is 37.9 Å². The van der Waals surface area contributed by atoms with Gasteiger partial charge in [0.2, 0.25) is 5.91 Å². The van der Waals surface area contributed by atoms with Crippen LogP contribution in [0.2, 0.25) is 0 Å². The molecule has 0 spiro atoms. The maximum atomic E-state index is 12.8. The zero-order valence-corrected chi connectivity index (χ0v) is 13.7. The number of amides is 2. The highest BCUT2D eigenvalue weighted by Crippen LogP contribution is 2.26. The SMILES string of the molecule is CC[C@@]1(O)CCN(C(=O)CCNC(=O)c2ccc(F)cc2)C[C@H]1O. The van der Waals surface area contributed by atoms with E-state index in [1.165, 1.54) is 29.2 Å². The van der Waals surface area contributed by atoms with Crippen LogP contribution >= 0.6 is 0 Å². The molecule has 0 saturated carbocycles. The molecule has 1 aliphatic heterocycles. The molecule has 1 fully saturated rings. The van der Waals surface area contributed by atoms with E-state index in [1.807, 2.05) is 0 Å². The number of benzene rings is 1. The third kappa shape index (κ3) is 4.30.